The third-order valence-corrected chi connectivity index (χ3v) is 5.64. The summed E-state index contributed by atoms with van der Waals surface area (Å²) in [7, 11) is 1.78. The highest BCUT2D eigenvalue weighted by molar-refractivity contribution is 5.94. The summed E-state index contributed by atoms with van der Waals surface area (Å²) in [6.07, 6.45) is -1.24. The number of carbonyl (C=O) groups is 1. The fourth-order valence-electron chi connectivity index (χ4n) is 3.81. The highest BCUT2D eigenvalue weighted by atomic mass is 19.4. The van der Waals surface area contributed by atoms with Crippen LogP contribution in [0.4, 0.5) is 19.0 Å². The zero-order chi connectivity index (χ0) is 22.8. The molecule has 1 fully saturated rings. The van der Waals surface area contributed by atoms with E-state index in [1.165, 1.54) is 18.2 Å². The van der Waals surface area contributed by atoms with Crippen LogP contribution in [0.1, 0.15) is 42.4 Å². The van der Waals surface area contributed by atoms with E-state index in [0.717, 1.165) is 55.4 Å². The molecule has 0 spiro atoms. The Morgan fingerprint density at radius 3 is 2.29 bits per heavy atom. The molecule has 5 nitrogen and oxygen atoms in total. The Labute approximate surface area is 180 Å². The molecule has 0 unspecified atom stereocenters. The number of allylic oxidation sites excluding steroid dienone is 1. The number of anilines is 1. The Bertz CT molecular complexity index is 942. The zero-order valence-electron chi connectivity index (χ0n) is 18.2. The van der Waals surface area contributed by atoms with E-state index in [-0.39, 0.29) is 11.9 Å². The van der Waals surface area contributed by atoms with Crippen molar-refractivity contribution in [3.63, 3.8) is 0 Å². The first kappa shape index (κ1) is 22.8. The van der Waals surface area contributed by atoms with Crippen molar-refractivity contribution < 1.29 is 18.0 Å². The average Bonchev–Trinajstić information content (AvgIpc) is 2.72. The standard InChI is InChI=1S/C23H27F3N4O/c1-15(18-5-7-19(8-6-18)23(24,25)26)13-22(31)29(4)20-9-11-30(12-10-20)21-14-16(2)27-17(3)28-21/h5-8,13-14,20H,9-12H2,1-4H3. The number of hydrogen-bond donors (Lipinski definition) is 0. The van der Waals surface area contributed by atoms with E-state index in [1.807, 2.05) is 19.9 Å². The van der Waals surface area contributed by atoms with Gasteiger partial charge in [0, 0.05) is 44.0 Å². The van der Waals surface area contributed by atoms with Crippen molar-refractivity contribution in [1.29, 1.82) is 0 Å². The van der Waals surface area contributed by atoms with Crippen molar-refractivity contribution >= 4 is 17.3 Å². The summed E-state index contributed by atoms with van der Waals surface area (Å²) in [6, 6.07) is 6.93. The van der Waals surface area contributed by atoms with Gasteiger partial charge in [0.15, 0.2) is 0 Å². The van der Waals surface area contributed by atoms with E-state index in [2.05, 4.69) is 14.9 Å². The molecule has 1 amide bonds. The second-order valence-corrected chi connectivity index (χ2v) is 7.98. The van der Waals surface area contributed by atoms with Crippen molar-refractivity contribution in [3.8, 4) is 0 Å². The highest BCUT2D eigenvalue weighted by Gasteiger charge is 2.30. The molecular weight excluding hydrogens is 405 g/mol. The van der Waals surface area contributed by atoms with Crippen molar-refractivity contribution in [2.75, 3.05) is 25.0 Å². The van der Waals surface area contributed by atoms with Gasteiger partial charge in [-0.25, -0.2) is 9.97 Å². The molecule has 0 N–H and O–H groups in total. The van der Waals surface area contributed by atoms with E-state index in [0.29, 0.717) is 11.1 Å². The molecule has 0 bridgehead atoms. The van der Waals surface area contributed by atoms with Crippen LogP contribution in [0.15, 0.2) is 36.4 Å². The van der Waals surface area contributed by atoms with Gasteiger partial charge >= 0.3 is 6.18 Å². The summed E-state index contributed by atoms with van der Waals surface area (Å²) in [5.74, 6) is 1.51. The van der Waals surface area contributed by atoms with E-state index < -0.39 is 11.7 Å². The van der Waals surface area contributed by atoms with Crippen LogP contribution in [0.25, 0.3) is 5.57 Å². The number of benzene rings is 1. The molecule has 0 aliphatic carbocycles. The van der Waals surface area contributed by atoms with Crippen LogP contribution in [-0.2, 0) is 11.0 Å². The Morgan fingerprint density at radius 2 is 1.74 bits per heavy atom. The number of amides is 1. The molecule has 1 aliphatic heterocycles. The summed E-state index contributed by atoms with van der Waals surface area (Å²) < 4.78 is 38.2. The van der Waals surface area contributed by atoms with E-state index in [1.54, 1.807) is 18.9 Å². The molecule has 8 heteroatoms. The molecule has 2 heterocycles. The van der Waals surface area contributed by atoms with E-state index in [4.69, 9.17) is 0 Å². The quantitative estimate of drug-likeness (QED) is 0.661. The number of aromatic nitrogens is 2. The fourth-order valence-corrected chi connectivity index (χ4v) is 3.81. The molecule has 0 atom stereocenters. The minimum atomic E-state index is -4.37. The third-order valence-electron chi connectivity index (χ3n) is 5.64. The Balaban J connectivity index is 1.61. The van der Waals surface area contributed by atoms with Gasteiger partial charge in [0.05, 0.1) is 5.56 Å². The van der Waals surface area contributed by atoms with Crippen molar-refractivity contribution in [1.82, 2.24) is 14.9 Å². The van der Waals surface area contributed by atoms with Crippen LogP contribution in [0.3, 0.4) is 0 Å². The van der Waals surface area contributed by atoms with Gasteiger partial charge in [-0.2, -0.15) is 13.2 Å². The number of nitrogens with zero attached hydrogens (tertiary/aromatic N) is 4. The monoisotopic (exact) mass is 432 g/mol. The SMILES string of the molecule is CC(=CC(=O)N(C)C1CCN(c2cc(C)nc(C)n2)CC1)c1ccc(C(F)(F)F)cc1. The van der Waals surface area contributed by atoms with Gasteiger partial charge in [-0.05, 0) is 56.9 Å². The highest BCUT2D eigenvalue weighted by Crippen LogP contribution is 2.30. The second kappa shape index (κ2) is 9.08. The van der Waals surface area contributed by atoms with Crippen molar-refractivity contribution in [2.45, 2.75) is 45.8 Å². The van der Waals surface area contributed by atoms with Gasteiger partial charge in [0.2, 0.25) is 5.91 Å². The molecular formula is C23H27F3N4O. The first-order chi connectivity index (χ1) is 14.5. The average molecular weight is 432 g/mol. The summed E-state index contributed by atoms with van der Waals surface area (Å²) >= 11 is 0. The summed E-state index contributed by atoms with van der Waals surface area (Å²) in [5.41, 5.74) is 1.46. The summed E-state index contributed by atoms with van der Waals surface area (Å²) in [6.45, 7) is 7.14. The summed E-state index contributed by atoms with van der Waals surface area (Å²) in [4.78, 5) is 25.5. The predicted molar refractivity (Wildman–Crippen MR) is 115 cm³/mol. The maximum atomic E-state index is 12.7. The maximum absolute atomic E-state index is 12.7. The molecule has 0 radical (unpaired) electrons. The number of aryl methyl sites for hydroxylation is 2. The van der Waals surface area contributed by atoms with Crippen molar-refractivity contribution in [3.05, 3.63) is 59.1 Å². The fraction of sp³-hybridized carbons (Fsp3) is 0.435. The van der Waals surface area contributed by atoms with Crippen LogP contribution in [0, 0.1) is 13.8 Å². The number of likely N-dealkylation sites (N-methyl/N-ethyl adjacent to an activating group) is 1. The third kappa shape index (κ3) is 5.62. The predicted octanol–water partition coefficient (Wildman–Crippen LogP) is 4.64. The van der Waals surface area contributed by atoms with Gasteiger partial charge in [-0.1, -0.05) is 12.1 Å². The van der Waals surface area contributed by atoms with Crippen LogP contribution in [-0.4, -0.2) is 47.0 Å². The lowest BCUT2D eigenvalue weighted by atomic mass is 10.0. The van der Waals surface area contributed by atoms with Gasteiger partial charge in [0.1, 0.15) is 11.6 Å². The number of rotatable bonds is 4. The van der Waals surface area contributed by atoms with Gasteiger partial charge in [-0.15, -0.1) is 0 Å². The summed E-state index contributed by atoms with van der Waals surface area (Å²) in [5, 5.41) is 0. The second-order valence-electron chi connectivity index (χ2n) is 7.98. The van der Waals surface area contributed by atoms with Crippen LogP contribution in [0.5, 0.6) is 0 Å². The molecule has 1 aromatic heterocycles. The number of piperidine rings is 1. The molecule has 1 aromatic carbocycles. The lowest BCUT2D eigenvalue weighted by Crippen LogP contribution is -2.45. The number of carbonyl (C=O) groups excluding carboxylic acids is 1. The number of halogens is 3. The van der Waals surface area contributed by atoms with Crippen LogP contribution in [0.2, 0.25) is 0 Å². The smallest absolute Gasteiger partial charge is 0.356 e. The Morgan fingerprint density at radius 1 is 1.13 bits per heavy atom. The van der Waals surface area contributed by atoms with Crippen LogP contribution < -0.4 is 4.90 Å². The lowest BCUT2D eigenvalue weighted by Gasteiger charge is -2.37. The van der Waals surface area contributed by atoms with E-state index >= 15 is 0 Å². The first-order valence-electron chi connectivity index (χ1n) is 10.2. The maximum Gasteiger partial charge on any atom is 0.416 e. The Hall–Kier alpha value is -2.90. The minimum absolute atomic E-state index is 0.101. The molecule has 0 saturated carbocycles. The molecule has 31 heavy (non-hydrogen) atoms. The number of hydrogen-bond acceptors (Lipinski definition) is 4. The molecule has 1 aliphatic rings. The largest absolute Gasteiger partial charge is 0.416 e. The van der Waals surface area contributed by atoms with Gasteiger partial charge in [0.25, 0.3) is 0 Å². The van der Waals surface area contributed by atoms with E-state index in [9.17, 15) is 18.0 Å². The van der Waals surface area contributed by atoms with Crippen LogP contribution >= 0.6 is 0 Å². The zero-order valence-corrected chi connectivity index (χ0v) is 18.2. The Kier molecular flexibility index (Phi) is 6.67. The molecule has 2 aromatic rings. The topological polar surface area (TPSA) is 49.3 Å². The van der Waals surface area contributed by atoms with Gasteiger partial charge in [-0.3, -0.25) is 4.79 Å². The minimum Gasteiger partial charge on any atom is -0.356 e. The molecule has 166 valence electrons. The van der Waals surface area contributed by atoms with Gasteiger partial charge < -0.3 is 9.80 Å². The molecule has 1 saturated heterocycles. The normalized spacial score (nSPS) is 15.8. The molecule has 3 rings (SSSR count). The number of alkyl halides is 3. The lowest BCUT2D eigenvalue weighted by molar-refractivity contribution is -0.137. The van der Waals surface area contributed by atoms with Crippen molar-refractivity contribution in [2.24, 2.45) is 0 Å². The first-order valence-corrected chi connectivity index (χ1v) is 10.2.